The highest BCUT2D eigenvalue weighted by Crippen LogP contribution is 2.29. The molecule has 1 fully saturated rings. The van der Waals surface area contributed by atoms with Gasteiger partial charge in [0.25, 0.3) is 0 Å². The Morgan fingerprint density at radius 1 is 1.44 bits per heavy atom. The predicted octanol–water partition coefficient (Wildman–Crippen LogP) is 1.84. The van der Waals surface area contributed by atoms with Gasteiger partial charge in [-0.05, 0) is 37.8 Å². The Bertz CT molecular complexity index is 824. The molecule has 7 nitrogen and oxygen atoms in total. The summed E-state index contributed by atoms with van der Waals surface area (Å²) in [4.78, 5) is 12.1. The topological polar surface area (TPSA) is 110 Å². The molecule has 0 spiro atoms. The zero-order valence-corrected chi connectivity index (χ0v) is 14.2. The molecule has 1 aromatic heterocycles. The summed E-state index contributed by atoms with van der Waals surface area (Å²) >= 11 is 1.12. The van der Waals surface area contributed by atoms with Crippen LogP contribution in [0.1, 0.15) is 25.7 Å². The number of nitrogens with one attached hydrogen (secondary N) is 1. The zero-order valence-electron chi connectivity index (χ0n) is 13.4. The van der Waals surface area contributed by atoms with Crippen molar-refractivity contribution in [2.45, 2.75) is 36.4 Å². The molecule has 1 aliphatic rings. The fraction of sp³-hybridized carbons (Fsp3) is 0.375. The molecule has 1 aliphatic carbocycles. The van der Waals surface area contributed by atoms with Crippen LogP contribution in [0.4, 0.5) is 4.39 Å². The van der Waals surface area contributed by atoms with Crippen LogP contribution in [0.3, 0.4) is 0 Å². The average Bonchev–Trinajstić information content (AvgIpc) is 3.20. The summed E-state index contributed by atoms with van der Waals surface area (Å²) in [5, 5.41) is 20.3. The third kappa shape index (κ3) is 3.74. The molecule has 0 saturated heterocycles. The zero-order chi connectivity index (χ0) is 17.9. The van der Waals surface area contributed by atoms with E-state index in [2.05, 4.69) is 21.6 Å². The van der Waals surface area contributed by atoms with Gasteiger partial charge in [-0.15, -0.1) is 10.2 Å². The van der Waals surface area contributed by atoms with E-state index in [0.717, 1.165) is 24.6 Å². The van der Waals surface area contributed by atoms with Gasteiger partial charge in [-0.25, -0.2) is 9.07 Å². The number of nitrogens with two attached hydrogens (primary N) is 1. The lowest BCUT2D eigenvalue weighted by Gasteiger charge is -2.21. The molecule has 0 bridgehead atoms. The molecule has 2 aromatic rings. The molecule has 3 N–H and O–H groups in total. The van der Waals surface area contributed by atoms with Crippen LogP contribution in [0, 0.1) is 17.1 Å². The van der Waals surface area contributed by atoms with E-state index in [9.17, 15) is 14.4 Å². The summed E-state index contributed by atoms with van der Waals surface area (Å²) < 4.78 is 14.6. The second-order valence-electron chi connectivity index (χ2n) is 5.92. The summed E-state index contributed by atoms with van der Waals surface area (Å²) in [5.74, 6) is 5.69. The lowest BCUT2D eigenvalue weighted by Crippen LogP contribution is -2.45. The fourth-order valence-corrected chi connectivity index (χ4v) is 3.53. The van der Waals surface area contributed by atoms with Crippen LogP contribution in [-0.2, 0) is 4.79 Å². The quantitative estimate of drug-likeness (QED) is 0.622. The minimum atomic E-state index is -0.749. The maximum Gasteiger partial charge on any atom is 0.231 e. The summed E-state index contributed by atoms with van der Waals surface area (Å²) in [6, 6.07) is 8.09. The smallest absolute Gasteiger partial charge is 0.231 e. The van der Waals surface area contributed by atoms with Gasteiger partial charge in [-0.2, -0.15) is 5.26 Å². The predicted molar refractivity (Wildman–Crippen MR) is 91.2 cm³/mol. The first-order valence-electron chi connectivity index (χ1n) is 7.84. The summed E-state index contributed by atoms with van der Waals surface area (Å²) in [6.45, 7) is 0. The third-order valence-electron chi connectivity index (χ3n) is 4.13. The normalized spacial score (nSPS) is 15.7. The minimum Gasteiger partial charge on any atom is -0.337 e. The Hall–Kier alpha value is -2.60. The Morgan fingerprint density at radius 2 is 2.20 bits per heavy atom. The standard InChI is InChI=1S/C16H17FN6OS/c17-12-5-3-4-11(8-12)14-21-22-15(23(14)19)25-9-13(24)20-16(10-18)6-1-2-7-16/h3-5,8H,1-2,6-7,9,19H2,(H,20,24). The third-order valence-corrected chi connectivity index (χ3v) is 5.07. The number of hydrogen-bond acceptors (Lipinski definition) is 6. The van der Waals surface area contributed by atoms with Crippen molar-refractivity contribution in [1.82, 2.24) is 20.2 Å². The van der Waals surface area contributed by atoms with E-state index in [4.69, 9.17) is 5.84 Å². The number of amides is 1. The molecule has 0 radical (unpaired) electrons. The van der Waals surface area contributed by atoms with E-state index in [1.807, 2.05) is 0 Å². The van der Waals surface area contributed by atoms with Gasteiger partial charge in [0.05, 0.1) is 11.8 Å². The molecule has 0 atom stereocenters. The highest BCUT2D eigenvalue weighted by Gasteiger charge is 2.35. The van der Waals surface area contributed by atoms with Crippen LogP contribution in [0.25, 0.3) is 11.4 Å². The second kappa shape index (κ2) is 7.11. The van der Waals surface area contributed by atoms with Gasteiger partial charge in [-0.3, -0.25) is 4.79 Å². The molecule has 0 unspecified atom stereocenters. The first-order chi connectivity index (χ1) is 12.0. The fourth-order valence-electron chi connectivity index (χ4n) is 2.88. The minimum absolute atomic E-state index is 0.0713. The highest BCUT2D eigenvalue weighted by atomic mass is 32.2. The lowest BCUT2D eigenvalue weighted by atomic mass is 10.0. The Kier molecular flexibility index (Phi) is 4.90. The molecular weight excluding hydrogens is 343 g/mol. The van der Waals surface area contributed by atoms with Gasteiger partial charge in [0.15, 0.2) is 5.82 Å². The van der Waals surface area contributed by atoms with Crippen LogP contribution in [0.5, 0.6) is 0 Å². The summed E-state index contributed by atoms with van der Waals surface area (Å²) in [6.07, 6.45) is 3.23. The van der Waals surface area contributed by atoms with Gasteiger partial charge in [0, 0.05) is 5.56 Å². The van der Waals surface area contributed by atoms with Crippen molar-refractivity contribution in [2.75, 3.05) is 11.6 Å². The second-order valence-corrected chi connectivity index (χ2v) is 6.87. The summed E-state index contributed by atoms with van der Waals surface area (Å²) in [7, 11) is 0. The van der Waals surface area contributed by atoms with Gasteiger partial charge < -0.3 is 11.2 Å². The van der Waals surface area contributed by atoms with Crippen LogP contribution in [0.2, 0.25) is 0 Å². The van der Waals surface area contributed by atoms with Crippen molar-refractivity contribution in [3.8, 4) is 17.5 Å². The maximum atomic E-state index is 13.3. The van der Waals surface area contributed by atoms with Gasteiger partial charge >= 0.3 is 0 Å². The number of benzene rings is 1. The highest BCUT2D eigenvalue weighted by molar-refractivity contribution is 7.99. The monoisotopic (exact) mass is 360 g/mol. The van der Waals surface area contributed by atoms with Crippen molar-refractivity contribution in [1.29, 1.82) is 5.26 Å². The Balaban J connectivity index is 1.64. The van der Waals surface area contributed by atoms with Gasteiger partial charge in [0.2, 0.25) is 11.1 Å². The Morgan fingerprint density at radius 3 is 2.88 bits per heavy atom. The van der Waals surface area contributed by atoms with Crippen molar-refractivity contribution in [3.63, 3.8) is 0 Å². The summed E-state index contributed by atoms with van der Waals surface area (Å²) in [5.41, 5.74) is -0.249. The molecule has 1 aromatic carbocycles. The number of nitrogen functional groups attached to an aromatic ring is 1. The van der Waals surface area contributed by atoms with E-state index >= 15 is 0 Å². The molecular formula is C16H17FN6OS. The van der Waals surface area contributed by atoms with Crippen molar-refractivity contribution in [3.05, 3.63) is 30.1 Å². The molecule has 3 rings (SSSR count). The first kappa shape index (κ1) is 17.2. The van der Waals surface area contributed by atoms with E-state index in [1.165, 1.54) is 16.8 Å². The Labute approximate surface area is 148 Å². The van der Waals surface area contributed by atoms with Gasteiger partial charge in [-0.1, -0.05) is 23.9 Å². The van der Waals surface area contributed by atoms with E-state index in [-0.39, 0.29) is 11.7 Å². The maximum absolute atomic E-state index is 13.3. The number of nitriles is 1. The van der Waals surface area contributed by atoms with Crippen molar-refractivity contribution < 1.29 is 9.18 Å². The number of carbonyl (C=O) groups excluding carboxylic acids is 1. The van der Waals surface area contributed by atoms with Crippen molar-refractivity contribution in [2.24, 2.45) is 0 Å². The van der Waals surface area contributed by atoms with E-state index < -0.39 is 11.4 Å². The number of halogens is 1. The van der Waals surface area contributed by atoms with E-state index in [0.29, 0.717) is 29.4 Å². The molecule has 1 heterocycles. The van der Waals surface area contributed by atoms with Crippen molar-refractivity contribution >= 4 is 17.7 Å². The lowest BCUT2D eigenvalue weighted by molar-refractivity contribution is -0.119. The molecule has 25 heavy (non-hydrogen) atoms. The average molecular weight is 360 g/mol. The van der Waals surface area contributed by atoms with Crippen LogP contribution in [-0.4, -0.2) is 32.1 Å². The van der Waals surface area contributed by atoms with Crippen LogP contribution in [0.15, 0.2) is 29.4 Å². The van der Waals surface area contributed by atoms with Crippen LogP contribution >= 0.6 is 11.8 Å². The number of nitrogens with zero attached hydrogens (tertiary/aromatic N) is 4. The van der Waals surface area contributed by atoms with Gasteiger partial charge in [0.1, 0.15) is 11.4 Å². The van der Waals surface area contributed by atoms with E-state index in [1.54, 1.807) is 12.1 Å². The largest absolute Gasteiger partial charge is 0.337 e. The SMILES string of the molecule is N#CC1(NC(=O)CSc2nnc(-c3cccc(F)c3)n2N)CCCC1. The number of carbonyl (C=O) groups is 1. The first-order valence-corrected chi connectivity index (χ1v) is 8.83. The molecule has 0 aliphatic heterocycles. The molecule has 1 amide bonds. The molecule has 130 valence electrons. The number of aromatic nitrogens is 3. The molecule has 9 heteroatoms. The number of thioether (sulfide) groups is 1. The molecule has 1 saturated carbocycles. The number of rotatable bonds is 5. The van der Waals surface area contributed by atoms with Crippen LogP contribution < -0.4 is 11.2 Å². The number of hydrogen-bond donors (Lipinski definition) is 2.